The summed E-state index contributed by atoms with van der Waals surface area (Å²) >= 11 is 0. The third-order valence-electron chi connectivity index (χ3n) is 1.82. The molecule has 0 radical (unpaired) electrons. The molecule has 0 spiro atoms. The maximum absolute atomic E-state index is 8.97. The van der Waals surface area contributed by atoms with Crippen molar-refractivity contribution in [2.45, 2.75) is 6.61 Å². The highest BCUT2D eigenvalue weighted by molar-refractivity contribution is 5.38. The van der Waals surface area contributed by atoms with E-state index < -0.39 is 0 Å². The minimum absolute atomic E-state index is 0.0473. The van der Waals surface area contributed by atoms with Crippen molar-refractivity contribution in [1.82, 2.24) is 14.4 Å². The summed E-state index contributed by atoms with van der Waals surface area (Å²) in [5.74, 6) is 0.500. The van der Waals surface area contributed by atoms with E-state index in [1.54, 1.807) is 30.1 Å². The van der Waals surface area contributed by atoms with Crippen LogP contribution in [-0.2, 0) is 6.61 Å². The second-order valence-corrected chi connectivity index (χ2v) is 2.57. The molecule has 1 N–H and O–H groups in total. The minimum atomic E-state index is -0.0473. The van der Waals surface area contributed by atoms with Crippen LogP contribution in [0, 0.1) is 0 Å². The molecule has 0 bridgehead atoms. The predicted molar refractivity (Wildman–Crippen MR) is 45.5 cm³/mol. The van der Waals surface area contributed by atoms with Crippen LogP contribution in [0.4, 0.5) is 0 Å². The molecule has 0 fully saturated rings. The molecule has 0 aromatic carbocycles. The number of methoxy groups -OCH3 is 1. The number of ether oxygens (including phenoxy) is 1. The van der Waals surface area contributed by atoms with Crippen LogP contribution in [0.15, 0.2) is 18.6 Å². The van der Waals surface area contributed by atoms with Gasteiger partial charge in [0.2, 0.25) is 5.88 Å². The molecular weight excluding hydrogens is 170 g/mol. The van der Waals surface area contributed by atoms with Gasteiger partial charge in [-0.25, -0.2) is 9.97 Å². The SMILES string of the molecule is COc1cn2c(CO)cnc2cn1. The van der Waals surface area contributed by atoms with Crippen molar-refractivity contribution in [3.63, 3.8) is 0 Å². The Kier molecular flexibility index (Phi) is 1.86. The second-order valence-electron chi connectivity index (χ2n) is 2.57. The smallest absolute Gasteiger partial charge is 0.230 e. The fraction of sp³-hybridized carbons (Fsp3) is 0.250. The zero-order chi connectivity index (χ0) is 9.26. The van der Waals surface area contributed by atoms with Crippen LogP contribution >= 0.6 is 0 Å². The Balaban J connectivity index is 2.64. The van der Waals surface area contributed by atoms with Crippen LogP contribution in [0.1, 0.15) is 5.69 Å². The van der Waals surface area contributed by atoms with Gasteiger partial charge in [0.05, 0.1) is 38.0 Å². The van der Waals surface area contributed by atoms with Crippen molar-refractivity contribution >= 4 is 5.65 Å². The number of rotatable bonds is 2. The van der Waals surface area contributed by atoms with Gasteiger partial charge in [-0.1, -0.05) is 0 Å². The van der Waals surface area contributed by atoms with E-state index in [1.807, 2.05) is 0 Å². The molecule has 68 valence electrons. The molecule has 0 saturated carbocycles. The van der Waals surface area contributed by atoms with Crippen molar-refractivity contribution in [2.24, 2.45) is 0 Å². The third-order valence-corrected chi connectivity index (χ3v) is 1.82. The molecule has 2 rings (SSSR count). The number of fused-ring (bicyclic) bond motifs is 1. The first-order chi connectivity index (χ1) is 6.35. The van der Waals surface area contributed by atoms with Crippen LogP contribution < -0.4 is 4.74 Å². The maximum Gasteiger partial charge on any atom is 0.230 e. The molecule has 5 heteroatoms. The van der Waals surface area contributed by atoms with E-state index >= 15 is 0 Å². The molecule has 2 aromatic rings. The molecule has 0 aliphatic carbocycles. The van der Waals surface area contributed by atoms with E-state index in [0.717, 1.165) is 5.69 Å². The third kappa shape index (κ3) is 1.23. The monoisotopic (exact) mass is 179 g/mol. The van der Waals surface area contributed by atoms with Crippen LogP contribution in [0.3, 0.4) is 0 Å². The summed E-state index contributed by atoms with van der Waals surface area (Å²) in [4.78, 5) is 8.04. The van der Waals surface area contributed by atoms with Gasteiger partial charge in [0, 0.05) is 0 Å². The van der Waals surface area contributed by atoms with Crippen molar-refractivity contribution < 1.29 is 9.84 Å². The van der Waals surface area contributed by atoms with Crippen molar-refractivity contribution in [2.75, 3.05) is 7.11 Å². The zero-order valence-corrected chi connectivity index (χ0v) is 7.14. The van der Waals surface area contributed by atoms with E-state index in [2.05, 4.69) is 9.97 Å². The molecule has 0 saturated heterocycles. The van der Waals surface area contributed by atoms with Crippen LogP contribution in [0.5, 0.6) is 5.88 Å². The standard InChI is InChI=1S/C8H9N3O2/c1-13-8-4-11-6(5-12)2-9-7(11)3-10-8/h2-4,12H,5H2,1H3. The Bertz CT molecular complexity index is 424. The highest BCUT2D eigenvalue weighted by Gasteiger charge is 2.03. The van der Waals surface area contributed by atoms with E-state index in [-0.39, 0.29) is 6.61 Å². The molecular formula is C8H9N3O2. The number of aliphatic hydroxyl groups is 1. The van der Waals surface area contributed by atoms with Gasteiger partial charge in [-0.15, -0.1) is 0 Å². The normalized spacial score (nSPS) is 10.6. The number of hydrogen-bond donors (Lipinski definition) is 1. The Morgan fingerprint density at radius 1 is 1.46 bits per heavy atom. The summed E-state index contributed by atoms with van der Waals surface area (Å²) in [5.41, 5.74) is 1.42. The van der Waals surface area contributed by atoms with Crippen LogP contribution in [0.25, 0.3) is 5.65 Å². The topological polar surface area (TPSA) is 59.7 Å². The number of nitrogens with zero attached hydrogens (tertiary/aromatic N) is 3. The molecule has 2 aromatic heterocycles. The van der Waals surface area contributed by atoms with Crippen molar-refractivity contribution in [1.29, 1.82) is 0 Å². The summed E-state index contributed by atoms with van der Waals surface area (Å²) < 4.78 is 6.69. The molecule has 0 atom stereocenters. The van der Waals surface area contributed by atoms with Gasteiger partial charge in [-0.2, -0.15) is 0 Å². The fourth-order valence-corrected chi connectivity index (χ4v) is 1.14. The van der Waals surface area contributed by atoms with Gasteiger partial charge in [0.1, 0.15) is 0 Å². The lowest BCUT2D eigenvalue weighted by atomic mass is 10.5. The summed E-state index contributed by atoms with van der Waals surface area (Å²) in [6.07, 6.45) is 4.89. The lowest BCUT2D eigenvalue weighted by Gasteiger charge is -2.00. The Labute approximate surface area is 74.6 Å². The van der Waals surface area contributed by atoms with Crippen molar-refractivity contribution in [3.8, 4) is 5.88 Å². The maximum atomic E-state index is 8.97. The fourth-order valence-electron chi connectivity index (χ4n) is 1.14. The summed E-state index contributed by atoms with van der Waals surface area (Å²) in [6.45, 7) is -0.0473. The molecule has 0 unspecified atom stereocenters. The van der Waals surface area contributed by atoms with Crippen LogP contribution in [0.2, 0.25) is 0 Å². The highest BCUT2D eigenvalue weighted by atomic mass is 16.5. The van der Waals surface area contributed by atoms with Gasteiger partial charge in [-0.3, -0.25) is 4.40 Å². The van der Waals surface area contributed by atoms with E-state index in [0.29, 0.717) is 11.5 Å². The molecule has 5 nitrogen and oxygen atoms in total. The van der Waals surface area contributed by atoms with E-state index in [4.69, 9.17) is 9.84 Å². The average molecular weight is 179 g/mol. The lowest BCUT2D eigenvalue weighted by Crippen LogP contribution is -1.95. The van der Waals surface area contributed by atoms with Gasteiger partial charge in [-0.05, 0) is 0 Å². The Morgan fingerprint density at radius 3 is 3.00 bits per heavy atom. The zero-order valence-electron chi connectivity index (χ0n) is 7.14. The minimum Gasteiger partial charge on any atom is -0.480 e. The molecule has 0 aliphatic heterocycles. The second kappa shape index (κ2) is 3.02. The predicted octanol–water partition coefficient (Wildman–Crippen LogP) is 0.230. The average Bonchev–Trinajstić information content (AvgIpc) is 2.59. The van der Waals surface area contributed by atoms with Gasteiger partial charge < -0.3 is 9.84 Å². The summed E-state index contributed by atoms with van der Waals surface area (Å²) in [5, 5.41) is 8.97. The van der Waals surface area contributed by atoms with Crippen molar-refractivity contribution in [3.05, 3.63) is 24.3 Å². The molecule has 0 aliphatic rings. The Morgan fingerprint density at radius 2 is 2.31 bits per heavy atom. The highest BCUT2D eigenvalue weighted by Crippen LogP contribution is 2.10. The lowest BCUT2D eigenvalue weighted by molar-refractivity contribution is 0.275. The van der Waals surface area contributed by atoms with Gasteiger partial charge >= 0.3 is 0 Å². The number of hydrogen-bond acceptors (Lipinski definition) is 4. The first-order valence-corrected chi connectivity index (χ1v) is 3.82. The first-order valence-electron chi connectivity index (χ1n) is 3.82. The van der Waals surface area contributed by atoms with Gasteiger partial charge in [0.25, 0.3) is 0 Å². The molecule has 0 amide bonds. The summed E-state index contributed by atoms with van der Waals surface area (Å²) in [7, 11) is 1.55. The number of imidazole rings is 1. The molecule has 13 heavy (non-hydrogen) atoms. The number of aliphatic hydroxyl groups excluding tert-OH is 1. The quantitative estimate of drug-likeness (QED) is 0.716. The van der Waals surface area contributed by atoms with Gasteiger partial charge in [0.15, 0.2) is 5.65 Å². The largest absolute Gasteiger partial charge is 0.480 e. The first kappa shape index (κ1) is 8.00. The van der Waals surface area contributed by atoms with Crippen LogP contribution in [-0.4, -0.2) is 26.6 Å². The summed E-state index contributed by atoms with van der Waals surface area (Å²) in [6, 6.07) is 0. The Hall–Kier alpha value is -1.62. The van der Waals surface area contributed by atoms with E-state index in [9.17, 15) is 0 Å². The number of aromatic nitrogens is 3. The molecule has 2 heterocycles. The van der Waals surface area contributed by atoms with E-state index in [1.165, 1.54) is 0 Å².